The standard InChI is InChI=1S/C15H22N6/c1-11(17)21-13-8-4-3-7-12(13)20-14(15(21)18-2)19-10-6-5-9-16/h3-4,7-8,17H,5-6,9-10,16H2,1-2H3,(H,19,20). The second-order valence-corrected chi connectivity index (χ2v) is 4.84. The Kier molecular flexibility index (Phi) is 5.05. The van der Waals surface area contributed by atoms with Crippen LogP contribution in [-0.2, 0) is 0 Å². The van der Waals surface area contributed by atoms with Gasteiger partial charge in [-0.15, -0.1) is 0 Å². The molecule has 6 nitrogen and oxygen atoms in total. The zero-order chi connectivity index (χ0) is 15.2. The Balaban J connectivity index is 2.52. The van der Waals surface area contributed by atoms with Crippen LogP contribution < -0.4 is 16.5 Å². The van der Waals surface area contributed by atoms with Gasteiger partial charge in [-0.05, 0) is 38.4 Å². The molecular weight excluding hydrogens is 264 g/mol. The van der Waals surface area contributed by atoms with Gasteiger partial charge in [0.1, 0.15) is 5.84 Å². The molecule has 1 aromatic heterocycles. The fourth-order valence-electron chi connectivity index (χ4n) is 2.28. The van der Waals surface area contributed by atoms with E-state index in [2.05, 4.69) is 15.3 Å². The van der Waals surface area contributed by atoms with Gasteiger partial charge in [-0.2, -0.15) is 0 Å². The van der Waals surface area contributed by atoms with Gasteiger partial charge in [0, 0.05) is 13.6 Å². The highest BCUT2D eigenvalue weighted by Crippen LogP contribution is 2.12. The van der Waals surface area contributed by atoms with Crippen LogP contribution in [0.1, 0.15) is 19.8 Å². The van der Waals surface area contributed by atoms with Crippen LogP contribution in [0, 0.1) is 5.41 Å². The third-order valence-corrected chi connectivity index (χ3v) is 3.25. The summed E-state index contributed by atoms with van der Waals surface area (Å²) in [4.78, 5) is 8.95. The Labute approximate surface area is 124 Å². The third-order valence-electron chi connectivity index (χ3n) is 3.25. The highest BCUT2D eigenvalue weighted by Gasteiger charge is 2.09. The first-order valence-electron chi connectivity index (χ1n) is 7.13. The maximum absolute atomic E-state index is 8.03. The molecular formula is C15H22N6. The van der Waals surface area contributed by atoms with Gasteiger partial charge >= 0.3 is 0 Å². The number of nitrogens with two attached hydrogens (primary N) is 1. The maximum atomic E-state index is 8.03. The van der Waals surface area contributed by atoms with Gasteiger partial charge in [-0.25, -0.2) is 4.98 Å². The Morgan fingerprint density at radius 3 is 2.81 bits per heavy atom. The van der Waals surface area contributed by atoms with E-state index in [0.29, 0.717) is 23.7 Å². The van der Waals surface area contributed by atoms with Crippen molar-refractivity contribution in [2.75, 3.05) is 25.5 Å². The summed E-state index contributed by atoms with van der Waals surface area (Å²) in [7, 11) is 1.72. The van der Waals surface area contributed by atoms with Gasteiger partial charge in [0.05, 0.1) is 11.0 Å². The van der Waals surface area contributed by atoms with Crippen molar-refractivity contribution in [2.24, 2.45) is 10.7 Å². The molecule has 0 aliphatic carbocycles. The van der Waals surface area contributed by atoms with Gasteiger partial charge in [0.2, 0.25) is 0 Å². The molecule has 0 bridgehead atoms. The molecule has 4 N–H and O–H groups in total. The number of aromatic nitrogens is 2. The summed E-state index contributed by atoms with van der Waals surface area (Å²) in [5.74, 6) is 1.12. The van der Waals surface area contributed by atoms with E-state index in [4.69, 9.17) is 11.1 Å². The van der Waals surface area contributed by atoms with Crippen LogP contribution in [0.25, 0.3) is 11.0 Å². The molecule has 6 heteroatoms. The number of fused-ring (bicyclic) bond motifs is 1. The van der Waals surface area contributed by atoms with Crippen LogP contribution in [0.5, 0.6) is 0 Å². The van der Waals surface area contributed by atoms with Crippen molar-refractivity contribution in [3.63, 3.8) is 0 Å². The quantitative estimate of drug-likeness (QED) is 0.442. The van der Waals surface area contributed by atoms with Crippen LogP contribution in [0.4, 0.5) is 5.82 Å². The number of rotatable bonds is 5. The van der Waals surface area contributed by atoms with Crippen molar-refractivity contribution in [1.82, 2.24) is 9.55 Å². The summed E-state index contributed by atoms with van der Waals surface area (Å²) in [6, 6.07) is 7.78. The predicted molar refractivity (Wildman–Crippen MR) is 86.8 cm³/mol. The molecule has 2 aromatic rings. The minimum Gasteiger partial charge on any atom is -0.367 e. The second-order valence-electron chi connectivity index (χ2n) is 4.84. The Hall–Kier alpha value is -2.21. The summed E-state index contributed by atoms with van der Waals surface area (Å²) < 4.78 is 1.81. The predicted octanol–water partition coefficient (Wildman–Crippen LogP) is 1.56. The van der Waals surface area contributed by atoms with Gasteiger partial charge in [-0.1, -0.05) is 12.1 Å². The molecule has 21 heavy (non-hydrogen) atoms. The van der Waals surface area contributed by atoms with Crippen LogP contribution in [0.3, 0.4) is 0 Å². The van der Waals surface area contributed by atoms with Crippen LogP contribution >= 0.6 is 0 Å². The summed E-state index contributed by atoms with van der Waals surface area (Å²) in [6.45, 7) is 3.23. The monoisotopic (exact) mass is 286 g/mol. The van der Waals surface area contributed by atoms with Crippen molar-refractivity contribution in [2.45, 2.75) is 19.8 Å². The fourth-order valence-corrected chi connectivity index (χ4v) is 2.28. The van der Waals surface area contributed by atoms with E-state index in [1.807, 2.05) is 28.8 Å². The van der Waals surface area contributed by atoms with E-state index in [-0.39, 0.29) is 0 Å². The van der Waals surface area contributed by atoms with E-state index in [9.17, 15) is 0 Å². The first kappa shape index (κ1) is 15.2. The average Bonchev–Trinajstić information content (AvgIpc) is 2.49. The first-order chi connectivity index (χ1) is 10.2. The average molecular weight is 286 g/mol. The number of para-hydroxylation sites is 2. The van der Waals surface area contributed by atoms with Crippen molar-refractivity contribution in [3.8, 4) is 0 Å². The molecule has 112 valence electrons. The molecule has 0 aliphatic heterocycles. The lowest BCUT2D eigenvalue weighted by molar-refractivity contribution is 0.770. The third kappa shape index (κ3) is 3.28. The number of hydrogen-bond acceptors (Lipinski definition) is 5. The molecule has 0 saturated heterocycles. The van der Waals surface area contributed by atoms with E-state index in [0.717, 1.165) is 30.4 Å². The van der Waals surface area contributed by atoms with E-state index in [1.165, 1.54) is 0 Å². The Morgan fingerprint density at radius 2 is 2.14 bits per heavy atom. The molecule has 0 saturated carbocycles. The van der Waals surface area contributed by atoms with Crippen molar-refractivity contribution >= 4 is 22.7 Å². The minimum atomic E-state index is 0.416. The molecule has 0 atom stereocenters. The molecule has 0 amide bonds. The highest BCUT2D eigenvalue weighted by atomic mass is 15.1. The SMILES string of the molecule is CN=c1c(NCCCCN)nc2ccccc2n1C(C)=N. The first-order valence-corrected chi connectivity index (χ1v) is 7.13. The summed E-state index contributed by atoms with van der Waals surface area (Å²) >= 11 is 0. The molecule has 1 heterocycles. The van der Waals surface area contributed by atoms with Crippen molar-refractivity contribution in [3.05, 3.63) is 29.8 Å². The zero-order valence-corrected chi connectivity index (χ0v) is 12.6. The molecule has 0 fully saturated rings. The lowest BCUT2D eigenvalue weighted by Gasteiger charge is -2.14. The van der Waals surface area contributed by atoms with Crippen molar-refractivity contribution in [1.29, 1.82) is 5.41 Å². The van der Waals surface area contributed by atoms with Gasteiger partial charge in [0.15, 0.2) is 11.3 Å². The number of benzene rings is 1. The molecule has 0 unspecified atom stereocenters. The summed E-state index contributed by atoms with van der Waals surface area (Å²) in [5, 5.41) is 11.3. The molecule has 2 rings (SSSR count). The van der Waals surface area contributed by atoms with Gasteiger partial charge in [0.25, 0.3) is 0 Å². The second kappa shape index (κ2) is 6.99. The van der Waals surface area contributed by atoms with Crippen LogP contribution in [0.2, 0.25) is 0 Å². The lowest BCUT2D eigenvalue weighted by Crippen LogP contribution is -2.30. The van der Waals surface area contributed by atoms with Gasteiger partial charge in [-0.3, -0.25) is 15.0 Å². The normalized spacial score (nSPS) is 11.9. The number of anilines is 1. The van der Waals surface area contributed by atoms with Crippen LogP contribution in [-0.4, -0.2) is 35.5 Å². The zero-order valence-electron chi connectivity index (χ0n) is 12.6. The van der Waals surface area contributed by atoms with Crippen molar-refractivity contribution < 1.29 is 0 Å². The smallest absolute Gasteiger partial charge is 0.177 e. The topological polar surface area (TPSA) is 92.1 Å². The Morgan fingerprint density at radius 1 is 1.38 bits per heavy atom. The number of nitrogens with one attached hydrogen (secondary N) is 2. The maximum Gasteiger partial charge on any atom is 0.177 e. The Bertz CT molecular complexity index is 701. The number of unbranched alkanes of at least 4 members (excludes halogenated alkanes) is 1. The number of nitrogens with zero attached hydrogens (tertiary/aromatic N) is 3. The molecule has 0 spiro atoms. The highest BCUT2D eigenvalue weighted by molar-refractivity contribution is 5.90. The fraction of sp³-hybridized carbons (Fsp3) is 0.400. The lowest BCUT2D eigenvalue weighted by atomic mass is 10.3. The van der Waals surface area contributed by atoms with Crippen LogP contribution in [0.15, 0.2) is 29.3 Å². The van der Waals surface area contributed by atoms with Gasteiger partial charge < -0.3 is 11.1 Å². The molecule has 0 aliphatic rings. The number of hydrogen-bond donors (Lipinski definition) is 3. The summed E-state index contributed by atoms with van der Waals surface area (Å²) in [5.41, 5.74) is 7.92. The van der Waals surface area contributed by atoms with E-state index < -0.39 is 0 Å². The molecule has 1 aromatic carbocycles. The van der Waals surface area contributed by atoms with E-state index in [1.54, 1.807) is 14.0 Å². The molecule has 0 radical (unpaired) electrons. The largest absolute Gasteiger partial charge is 0.367 e. The summed E-state index contributed by atoms with van der Waals surface area (Å²) in [6.07, 6.45) is 1.96. The van der Waals surface area contributed by atoms with E-state index >= 15 is 0 Å². The minimum absolute atomic E-state index is 0.416.